The average molecular weight is 305 g/mol. The van der Waals surface area contributed by atoms with Crippen molar-refractivity contribution in [3.63, 3.8) is 0 Å². The number of hydrogen-bond acceptors (Lipinski definition) is 3. The normalized spacial score (nSPS) is 18.0. The van der Waals surface area contributed by atoms with Crippen LogP contribution in [-0.2, 0) is 0 Å². The monoisotopic (exact) mass is 304 g/mol. The van der Waals surface area contributed by atoms with Gasteiger partial charge in [-0.15, -0.1) is 0 Å². The molecule has 1 aliphatic rings. The van der Waals surface area contributed by atoms with Gasteiger partial charge in [0.15, 0.2) is 0 Å². The van der Waals surface area contributed by atoms with Gasteiger partial charge in [-0.2, -0.15) is 5.10 Å². The quantitative estimate of drug-likeness (QED) is 0.916. The molecule has 2 N–H and O–H groups in total. The number of amides is 1. The number of carbonyl (C=O) groups is 1. The lowest BCUT2D eigenvalue weighted by Crippen LogP contribution is -2.31. The van der Waals surface area contributed by atoms with Crippen LogP contribution in [0, 0.1) is 0 Å². The summed E-state index contributed by atoms with van der Waals surface area (Å²) in [5, 5.41) is 10.5. The minimum Gasteiger partial charge on any atom is -0.388 e. The summed E-state index contributed by atoms with van der Waals surface area (Å²) in [5.41, 5.74) is 2.39. The van der Waals surface area contributed by atoms with Crippen molar-refractivity contribution in [1.29, 1.82) is 0 Å². The molecule has 2 aromatic rings. The van der Waals surface area contributed by atoms with Gasteiger partial charge in [0.25, 0.3) is 5.91 Å². The Hall–Kier alpha value is -2.01. The van der Waals surface area contributed by atoms with Gasteiger partial charge in [-0.1, -0.05) is 11.6 Å². The average Bonchev–Trinajstić information content (AvgIpc) is 3.17. The lowest BCUT2D eigenvalue weighted by molar-refractivity contribution is 0.0733. The number of nitrogens with one attached hydrogen (secondary N) is 2. The van der Waals surface area contributed by atoms with Gasteiger partial charge in [-0.25, -0.2) is 0 Å². The molecule has 5 nitrogen and oxygen atoms in total. The molecule has 1 amide bonds. The van der Waals surface area contributed by atoms with Crippen molar-refractivity contribution in [2.24, 2.45) is 0 Å². The number of anilines is 1. The summed E-state index contributed by atoms with van der Waals surface area (Å²) in [6.45, 7) is 0.739. The molecular formula is C15H17ClN4O. The molecule has 0 bridgehead atoms. The number of aromatic nitrogens is 2. The Labute approximate surface area is 128 Å². The maximum atomic E-state index is 12.8. The van der Waals surface area contributed by atoms with E-state index in [4.69, 9.17) is 11.6 Å². The molecule has 1 aromatic heterocycles. The number of hydrogen-bond donors (Lipinski definition) is 2. The molecule has 1 aliphatic heterocycles. The molecule has 3 rings (SSSR count). The van der Waals surface area contributed by atoms with Crippen molar-refractivity contribution in [1.82, 2.24) is 15.1 Å². The number of H-pyrrole nitrogens is 1. The van der Waals surface area contributed by atoms with E-state index >= 15 is 0 Å². The highest BCUT2D eigenvalue weighted by atomic mass is 35.5. The van der Waals surface area contributed by atoms with Gasteiger partial charge in [-0.05, 0) is 37.1 Å². The fourth-order valence-electron chi connectivity index (χ4n) is 2.78. The van der Waals surface area contributed by atoms with Crippen LogP contribution in [0.4, 0.5) is 5.69 Å². The van der Waals surface area contributed by atoms with Crippen LogP contribution >= 0.6 is 11.6 Å². The zero-order valence-corrected chi connectivity index (χ0v) is 12.5. The summed E-state index contributed by atoms with van der Waals surface area (Å²) in [6.07, 6.45) is 3.64. The second-order valence-electron chi connectivity index (χ2n) is 5.11. The highest BCUT2D eigenvalue weighted by Gasteiger charge is 2.32. The highest BCUT2D eigenvalue weighted by Crippen LogP contribution is 2.33. The van der Waals surface area contributed by atoms with E-state index < -0.39 is 0 Å². The van der Waals surface area contributed by atoms with Gasteiger partial charge in [0.2, 0.25) is 0 Å². The molecule has 0 radical (unpaired) electrons. The van der Waals surface area contributed by atoms with E-state index in [2.05, 4.69) is 15.5 Å². The van der Waals surface area contributed by atoms with Crippen LogP contribution in [0.2, 0.25) is 5.02 Å². The summed E-state index contributed by atoms with van der Waals surface area (Å²) in [5.74, 6) is -0.0331. The van der Waals surface area contributed by atoms with E-state index in [1.807, 2.05) is 24.1 Å². The Bertz CT molecular complexity index is 641. The zero-order chi connectivity index (χ0) is 14.8. The van der Waals surface area contributed by atoms with E-state index in [1.54, 1.807) is 18.3 Å². The predicted molar refractivity (Wildman–Crippen MR) is 82.6 cm³/mol. The Morgan fingerprint density at radius 3 is 3.05 bits per heavy atom. The van der Waals surface area contributed by atoms with Crippen molar-refractivity contribution in [3.05, 3.63) is 46.7 Å². The van der Waals surface area contributed by atoms with Gasteiger partial charge in [0.05, 0.1) is 22.3 Å². The van der Waals surface area contributed by atoms with Gasteiger partial charge >= 0.3 is 0 Å². The largest absolute Gasteiger partial charge is 0.388 e. The van der Waals surface area contributed by atoms with Crippen molar-refractivity contribution in [2.45, 2.75) is 18.9 Å². The Balaban J connectivity index is 1.91. The molecular weight excluding hydrogens is 288 g/mol. The molecule has 21 heavy (non-hydrogen) atoms. The number of aromatic amines is 1. The van der Waals surface area contributed by atoms with E-state index in [-0.39, 0.29) is 11.9 Å². The second-order valence-corrected chi connectivity index (χ2v) is 5.52. The minimum atomic E-state index is -0.0331. The molecule has 1 atom stereocenters. The topological polar surface area (TPSA) is 61.0 Å². The first-order chi connectivity index (χ1) is 10.2. The fraction of sp³-hybridized carbons (Fsp3) is 0.333. The third kappa shape index (κ3) is 2.61. The molecule has 6 heteroatoms. The second kappa shape index (κ2) is 5.77. The van der Waals surface area contributed by atoms with Gasteiger partial charge < -0.3 is 10.2 Å². The van der Waals surface area contributed by atoms with Gasteiger partial charge in [0, 0.05) is 25.5 Å². The molecule has 110 valence electrons. The van der Waals surface area contributed by atoms with Crippen LogP contribution < -0.4 is 5.32 Å². The van der Waals surface area contributed by atoms with E-state index in [1.165, 1.54) is 0 Å². The lowest BCUT2D eigenvalue weighted by Gasteiger charge is -2.24. The molecule has 1 saturated heterocycles. The van der Waals surface area contributed by atoms with Gasteiger partial charge in [-0.3, -0.25) is 9.89 Å². The molecule has 2 heterocycles. The molecule has 0 saturated carbocycles. The molecule has 1 aromatic carbocycles. The Morgan fingerprint density at radius 1 is 1.48 bits per heavy atom. The predicted octanol–water partition coefficient (Wildman–Crippen LogP) is 3.08. The maximum absolute atomic E-state index is 12.8. The third-order valence-corrected chi connectivity index (χ3v) is 4.21. The Morgan fingerprint density at radius 2 is 2.33 bits per heavy atom. The van der Waals surface area contributed by atoms with Crippen LogP contribution in [0.3, 0.4) is 0 Å². The number of rotatable bonds is 3. The third-order valence-electron chi connectivity index (χ3n) is 3.88. The summed E-state index contributed by atoms with van der Waals surface area (Å²) < 4.78 is 0. The van der Waals surface area contributed by atoms with Crippen LogP contribution in [0.25, 0.3) is 0 Å². The summed E-state index contributed by atoms with van der Waals surface area (Å²) in [4.78, 5) is 14.7. The van der Waals surface area contributed by atoms with E-state index in [9.17, 15) is 4.79 Å². The smallest absolute Gasteiger partial charge is 0.256 e. The number of carbonyl (C=O) groups excluding carboxylic acids is 1. The number of benzene rings is 1. The summed E-state index contributed by atoms with van der Waals surface area (Å²) >= 11 is 6.20. The van der Waals surface area contributed by atoms with E-state index in [0.29, 0.717) is 10.6 Å². The first kappa shape index (κ1) is 13.9. The lowest BCUT2D eigenvalue weighted by atomic mass is 10.1. The number of likely N-dealkylation sites (tertiary alicyclic amines) is 1. The van der Waals surface area contributed by atoms with Crippen molar-refractivity contribution >= 4 is 23.2 Å². The zero-order valence-electron chi connectivity index (χ0n) is 11.8. The first-order valence-electron chi connectivity index (χ1n) is 6.98. The van der Waals surface area contributed by atoms with Crippen LogP contribution in [0.1, 0.15) is 34.9 Å². The van der Waals surface area contributed by atoms with Crippen LogP contribution in [-0.4, -0.2) is 34.6 Å². The summed E-state index contributed by atoms with van der Waals surface area (Å²) in [6, 6.07) is 7.38. The maximum Gasteiger partial charge on any atom is 0.256 e. The minimum absolute atomic E-state index is 0.0331. The van der Waals surface area contributed by atoms with Crippen molar-refractivity contribution in [3.8, 4) is 0 Å². The number of nitrogens with zero attached hydrogens (tertiary/aromatic N) is 2. The first-order valence-corrected chi connectivity index (χ1v) is 7.36. The standard InChI is InChI=1S/C15H17ClN4O/c1-17-10-4-5-12(16)11(9-10)15(21)20-8-2-3-14(20)13-6-7-18-19-13/h4-7,9,14,17H,2-3,8H2,1H3,(H,18,19). The Kier molecular flexibility index (Phi) is 3.84. The van der Waals surface area contributed by atoms with Gasteiger partial charge in [0.1, 0.15) is 0 Å². The van der Waals surface area contributed by atoms with Crippen molar-refractivity contribution in [2.75, 3.05) is 18.9 Å². The summed E-state index contributed by atoms with van der Waals surface area (Å²) in [7, 11) is 1.82. The number of halogens is 1. The SMILES string of the molecule is CNc1ccc(Cl)c(C(=O)N2CCCC2c2ccn[nH]2)c1. The van der Waals surface area contributed by atoms with Crippen LogP contribution in [0.5, 0.6) is 0 Å². The van der Waals surface area contributed by atoms with E-state index in [0.717, 1.165) is 30.8 Å². The fourth-order valence-corrected chi connectivity index (χ4v) is 2.98. The van der Waals surface area contributed by atoms with Crippen LogP contribution in [0.15, 0.2) is 30.5 Å². The molecule has 1 fully saturated rings. The highest BCUT2D eigenvalue weighted by molar-refractivity contribution is 6.34. The molecule has 0 aliphatic carbocycles. The molecule has 0 spiro atoms. The molecule has 1 unspecified atom stereocenters. The van der Waals surface area contributed by atoms with Crippen molar-refractivity contribution < 1.29 is 4.79 Å².